The number of hydrogen-bond acceptors (Lipinski definition) is 6. The maximum atomic E-state index is 11.4. The van der Waals surface area contributed by atoms with Crippen LogP contribution in [0.1, 0.15) is 43.5 Å². The molecule has 1 aromatic rings. The van der Waals surface area contributed by atoms with Crippen molar-refractivity contribution in [3.63, 3.8) is 0 Å². The molecule has 1 aromatic heterocycles. The lowest BCUT2D eigenvalue weighted by atomic mass is 10.0. The summed E-state index contributed by atoms with van der Waals surface area (Å²) in [7, 11) is -3.25. The third kappa shape index (κ3) is 4.18. The summed E-state index contributed by atoms with van der Waals surface area (Å²) in [6.07, 6.45) is 4.26. The molecule has 0 spiro atoms. The summed E-state index contributed by atoms with van der Waals surface area (Å²) in [6, 6.07) is 2.10. The number of aromatic nitrogens is 2. The Morgan fingerprint density at radius 1 is 1.35 bits per heavy atom. The highest BCUT2D eigenvalue weighted by atomic mass is 32.2. The molecule has 2 heterocycles. The Morgan fingerprint density at radius 2 is 2.09 bits per heavy atom. The molecule has 2 rings (SSSR count). The van der Waals surface area contributed by atoms with Crippen LogP contribution in [-0.2, 0) is 22.9 Å². The van der Waals surface area contributed by atoms with E-state index in [-0.39, 0.29) is 6.04 Å². The quantitative estimate of drug-likeness (QED) is 0.860. The van der Waals surface area contributed by atoms with Crippen LogP contribution in [-0.4, -0.2) is 44.0 Å². The van der Waals surface area contributed by atoms with Gasteiger partial charge >= 0.3 is 0 Å². The van der Waals surface area contributed by atoms with E-state index in [1.165, 1.54) is 0 Å². The molecule has 1 unspecified atom stereocenters. The van der Waals surface area contributed by atoms with Crippen LogP contribution >= 0.6 is 0 Å². The van der Waals surface area contributed by atoms with Crippen molar-refractivity contribution in [1.29, 1.82) is 5.26 Å². The normalized spacial score (nSPS) is 18.7. The van der Waals surface area contributed by atoms with Gasteiger partial charge in [0.25, 0.3) is 0 Å². The van der Waals surface area contributed by atoms with Crippen LogP contribution < -0.4 is 9.62 Å². The molecule has 0 radical (unpaired) electrons. The number of nitrogens with one attached hydrogen (secondary N) is 1. The second-order valence-electron chi connectivity index (χ2n) is 5.82. The lowest BCUT2D eigenvalue weighted by Gasteiger charge is -2.34. The van der Waals surface area contributed by atoms with Gasteiger partial charge in [-0.25, -0.2) is 13.1 Å². The third-order valence-corrected chi connectivity index (χ3v) is 4.80. The monoisotopic (exact) mass is 337 g/mol. The fraction of sp³-hybridized carbons (Fsp3) is 0.667. The van der Waals surface area contributed by atoms with E-state index < -0.39 is 10.0 Å². The largest absolute Gasteiger partial charge is 0.352 e. The highest BCUT2D eigenvalue weighted by Crippen LogP contribution is 2.26. The van der Waals surface area contributed by atoms with Gasteiger partial charge in [-0.2, -0.15) is 10.4 Å². The number of piperidine rings is 1. The van der Waals surface area contributed by atoms with E-state index in [0.29, 0.717) is 17.9 Å². The first-order valence-electron chi connectivity index (χ1n) is 7.90. The summed E-state index contributed by atoms with van der Waals surface area (Å²) in [5, 5.41) is 18.1. The average molecular weight is 337 g/mol. The molecule has 0 bridgehead atoms. The van der Waals surface area contributed by atoms with Crippen molar-refractivity contribution in [2.24, 2.45) is 0 Å². The minimum absolute atomic E-state index is 0.164. The van der Waals surface area contributed by atoms with Crippen molar-refractivity contribution in [3.8, 4) is 6.07 Å². The van der Waals surface area contributed by atoms with Gasteiger partial charge in [-0.05, 0) is 31.2 Å². The molecule has 0 aliphatic carbocycles. The maximum absolute atomic E-state index is 11.4. The topological polar surface area (TPSA) is 99.0 Å². The first-order chi connectivity index (χ1) is 10.9. The van der Waals surface area contributed by atoms with Crippen molar-refractivity contribution < 1.29 is 8.42 Å². The first kappa shape index (κ1) is 17.6. The molecule has 1 aliphatic heterocycles. The van der Waals surface area contributed by atoms with Crippen LogP contribution in [0.4, 0.5) is 5.82 Å². The summed E-state index contributed by atoms with van der Waals surface area (Å²) in [4.78, 5) is 1.97. The second kappa shape index (κ2) is 7.23. The Balaban J connectivity index is 2.32. The zero-order valence-corrected chi connectivity index (χ0v) is 14.7. The van der Waals surface area contributed by atoms with Gasteiger partial charge in [-0.3, -0.25) is 0 Å². The molecule has 8 heteroatoms. The Bertz CT molecular complexity index is 711. The number of sulfonamides is 1. The van der Waals surface area contributed by atoms with E-state index in [4.69, 9.17) is 0 Å². The van der Waals surface area contributed by atoms with Crippen molar-refractivity contribution in [1.82, 2.24) is 14.9 Å². The zero-order valence-electron chi connectivity index (χ0n) is 13.8. The lowest BCUT2D eigenvalue weighted by molar-refractivity contribution is 0.464. The summed E-state index contributed by atoms with van der Waals surface area (Å²) in [5.74, 6) is 0.571. The SMILES string of the molecule is CCc1nnc(N2CCCC(NS(C)(=O)=O)C2)c(C#N)c1CC. The van der Waals surface area contributed by atoms with Gasteiger partial charge in [0.2, 0.25) is 10.0 Å². The van der Waals surface area contributed by atoms with Gasteiger partial charge in [-0.15, -0.1) is 5.10 Å². The Labute approximate surface area is 137 Å². The molecule has 7 nitrogen and oxygen atoms in total. The van der Waals surface area contributed by atoms with Crippen LogP contribution in [0, 0.1) is 11.3 Å². The molecule has 1 saturated heterocycles. The number of hydrogen-bond donors (Lipinski definition) is 1. The molecule has 1 fully saturated rings. The molecule has 0 amide bonds. The van der Waals surface area contributed by atoms with Crippen molar-refractivity contribution >= 4 is 15.8 Å². The zero-order chi connectivity index (χ0) is 17.0. The molecule has 1 atom stereocenters. The van der Waals surface area contributed by atoms with Gasteiger partial charge in [0.1, 0.15) is 11.6 Å². The Morgan fingerprint density at radius 3 is 2.65 bits per heavy atom. The Hall–Kier alpha value is -1.72. The molecule has 1 aliphatic rings. The number of aryl methyl sites for hydroxylation is 1. The summed E-state index contributed by atoms with van der Waals surface area (Å²) < 4.78 is 25.5. The van der Waals surface area contributed by atoms with Gasteiger partial charge in [0.05, 0.1) is 11.9 Å². The molecule has 1 N–H and O–H groups in total. The Kier molecular flexibility index (Phi) is 5.55. The summed E-state index contributed by atoms with van der Waals surface area (Å²) in [5.41, 5.74) is 2.37. The number of rotatable bonds is 5. The minimum atomic E-state index is -3.25. The van der Waals surface area contributed by atoms with E-state index in [2.05, 4.69) is 21.0 Å². The van der Waals surface area contributed by atoms with Gasteiger partial charge < -0.3 is 4.90 Å². The van der Waals surface area contributed by atoms with E-state index in [0.717, 1.165) is 49.7 Å². The van der Waals surface area contributed by atoms with Crippen LogP contribution in [0.15, 0.2) is 0 Å². The molecule has 0 saturated carbocycles. The summed E-state index contributed by atoms with van der Waals surface area (Å²) >= 11 is 0. The van der Waals surface area contributed by atoms with E-state index >= 15 is 0 Å². The highest BCUT2D eigenvalue weighted by Gasteiger charge is 2.26. The number of anilines is 1. The number of nitriles is 1. The predicted octanol–water partition coefficient (Wildman–Crippen LogP) is 0.991. The molecule has 126 valence electrons. The van der Waals surface area contributed by atoms with E-state index in [9.17, 15) is 13.7 Å². The fourth-order valence-electron chi connectivity index (χ4n) is 3.07. The van der Waals surface area contributed by atoms with Gasteiger partial charge in [0.15, 0.2) is 5.82 Å². The van der Waals surface area contributed by atoms with Crippen LogP contribution in [0.3, 0.4) is 0 Å². The van der Waals surface area contributed by atoms with Crippen LogP contribution in [0.5, 0.6) is 0 Å². The van der Waals surface area contributed by atoms with Crippen LogP contribution in [0.2, 0.25) is 0 Å². The second-order valence-corrected chi connectivity index (χ2v) is 7.60. The lowest BCUT2D eigenvalue weighted by Crippen LogP contribution is -2.48. The van der Waals surface area contributed by atoms with E-state index in [1.54, 1.807) is 0 Å². The molecule has 23 heavy (non-hydrogen) atoms. The van der Waals surface area contributed by atoms with Crippen LogP contribution in [0.25, 0.3) is 0 Å². The van der Waals surface area contributed by atoms with Crippen molar-refractivity contribution in [2.45, 2.75) is 45.6 Å². The van der Waals surface area contributed by atoms with Crippen molar-refractivity contribution in [3.05, 3.63) is 16.8 Å². The highest BCUT2D eigenvalue weighted by molar-refractivity contribution is 7.88. The van der Waals surface area contributed by atoms with Gasteiger partial charge in [-0.1, -0.05) is 13.8 Å². The van der Waals surface area contributed by atoms with Crippen molar-refractivity contribution in [2.75, 3.05) is 24.2 Å². The smallest absolute Gasteiger partial charge is 0.209 e. The standard InChI is InChI=1S/C15H23N5O2S/c1-4-12-13(9-16)15(18-17-14(12)5-2)20-8-6-7-11(10-20)19-23(3,21)22/h11,19H,4-8,10H2,1-3H3. The average Bonchev–Trinajstić information content (AvgIpc) is 2.51. The van der Waals surface area contributed by atoms with Gasteiger partial charge in [0, 0.05) is 19.1 Å². The molecule has 0 aromatic carbocycles. The first-order valence-corrected chi connectivity index (χ1v) is 9.79. The maximum Gasteiger partial charge on any atom is 0.209 e. The predicted molar refractivity (Wildman–Crippen MR) is 88.7 cm³/mol. The third-order valence-electron chi connectivity index (χ3n) is 4.04. The number of nitrogens with zero attached hydrogens (tertiary/aromatic N) is 4. The molecular formula is C15H23N5O2S. The van der Waals surface area contributed by atoms with E-state index in [1.807, 2.05) is 18.7 Å². The molecular weight excluding hydrogens is 314 g/mol. The summed E-state index contributed by atoms with van der Waals surface area (Å²) in [6.45, 7) is 5.26. The minimum Gasteiger partial charge on any atom is -0.352 e. The fourth-order valence-corrected chi connectivity index (χ4v) is 3.87.